The van der Waals surface area contributed by atoms with Crippen LogP contribution in [0.1, 0.15) is 32.1 Å². The molecular weight excluding hydrogens is 527 g/mol. The minimum Gasteiger partial charge on any atom is -0.756 e. The zero-order valence-corrected chi connectivity index (χ0v) is 23.8. The second kappa shape index (κ2) is 26.1. The topological polar surface area (TPSA) is 172 Å². The summed E-state index contributed by atoms with van der Waals surface area (Å²) in [5.41, 5.74) is 0. The van der Waals surface area contributed by atoms with Gasteiger partial charge >= 0.3 is 0 Å². The zero-order valence-electron chi connectivity index (χ0n) is 22.9. The monoisotopic (exact) mass is 573 g/mol. The summed E-state index contributed by atoms with van der Waals surface area (Å²) in [6.07, 6.45) is 1.96. The Morgan fingerprint density at radius 2 is 1.24 bits per heavy atom. The number of nitrogens with one attached hydrogen (secondary N) is 2. The molecular formula is C23H46N2O12P-. The third-order valence-electron chi connectivity index (χ3n) is 4.76. The van der Waals surface area contributed by atoms with Gasteiger partial charge < -0.3 is 53.0 Å². The fraction of sp³-hybridized carbons (Fsp3) is 0.913. The Morgan fingerprint density at radius 1 is 0.711 bits per heavy atom. The molecule has 0 aliphatic heterocycles. The fourth-order valence-electron chi connectivity index (χ4n) is 2.77. The van der Waals surface area contributed by atoms with E-state index in [1.807, 2.05) is 0 Å². The summed E-state index contributed by atoms with van der Waals surface area (Å²) in [5.74, 6) is -0.257. The molecule has 0 aromatic rings. The van der Waals surface area contributed by atoms with Crippen molar-refractivity contribution in [2.45, 2.75) is 38.2 Å². The third kappa shape index (κ3) is 25.1. The summed E-state index contributed by atoms with van der Waals surface area (Å²) in [6.45, 7) is 4.36. The molecule has 0 rings (SSSR count). The highest BCUT2D eigenvalue weighted by atomic mass is 31.2. The average molecular weight is 574 g/mol. The van der Waals surface area contributed by atoms with Gasteiger partial charge in [0.05, 0.1) is 52.9 Å². The van der Waals surface area contributed by atoms with Crippen molar-refractivity contribution in [1.82, 2.24) is 10.6 Å². The molecule has 2 atom stereocenters. The second-order valence-electron chi connectivity index (χ2n) is 7.96. The Kier molecular flexibility index (Phi) is 25.2. The Bertz CT molecular complexity index is 629. The summed E-state index contributed by atoms with van der Waals surface area (Å²) < 4.78 is 51.6. The van der Waals surface area contributed by atoms with Crippen LogP contribution in [0.25, 0.3) is 0 Å². The normalized spacial score (nSPS) is 13.7. The quantitative estimate of drug-likeness (QED) is 0.0951. The van der Waals surface area contributed by atoms with Crippen LogP contribution in [0, 0.1) is 0 Å². The van der Waals surface area contributed by atoms with Crippen molar-refractivity contribution in [1.29, 1.82) is 0 Å². The van der Waals surface area contributed by atoms with Gasteiger partial charge in [0.15, 0.2) is 0 Å². The summed E-state index contributed by atoms with van der Waals surface area (Å²) in [5, 5.41) is 5.56. The van der Waals surface area contributed by atoms with Crippen LogP contribution in [0.15, 0.2) is 0 Å². The van der Waals surface area contributed by atoms with E-state index in [2.05, 4.69) is 19.7 Å². The van der Waals surface area contributed by atoms with E-state index in [9.17, 15) is 19.0 Å². The maximum Gasteiger partial charge on any atom is 0.267 e. The number of methoxy groups -OCH3 is 2. The van der Waals surface area contributed by atoms with Crippen LogP contribution < -0.4 is 15.5 Å². The minimum atomic E-state index is -4.23. The van der Waals surface area contributed by atoms with Crippen LogP contribution in [0.3, 0.4) is 0 Å². The number of carbonyl (C=O) groups is 2. The number of phosphoric acid groups is 1. The molecule has 0 spiro atoms. The van der Waals surface area contributed by atoms with E-state index in [0.717, 1.165) is 7.11 Å². The molecule has 0 fully saturated rings. The lowest BCUT2D eigenvalue weighted by Gasteiger charge is -2.19. The first-order valence-corrected chi connectivity index (χ1v) is 14.2. The number of hydrogen-bond donors (Lipinski definition) is 2. The molecule has 15 heteroatoms. The van der Waals surface area contributed by atoms with Gasteiger partial charge in [0.1, 0.15) is 6.10 Å². The lowest BCUT2D eigenvalue weighted by Crippen LogP contribution is -2.29. The van der Waals surface area contributed by atoms with Gasteiger partial charge in [0, 0.05) is 60.5 Å². The van der Waals surface area contributed by atoms with Crippen molar-refractivity contribution < 1.29 is 56.5 Å². The Morgan fingerprint density at radius 3 is 1.82 bits per heavy atom. The van der Waals surface area contributed by atoms with Gasteiger partial charge in [0.2, 0.25) is 11.8 Å². The highest BCUT2D eigenvalue weighted by Gasteiger charge is 2.10. The molecule has 0 saturated heterocycles. The first-order valence-electron chi connectivity index (χ1n) is 12.7. The van der Waals surface area contributed by atoms with E-state index in [1.165, 1.54) is 0 Å². The lowest BCUT2D eigenvalue weighted by atomic mass is 10.2. The summed E-state index contributed by atoms with van der Waals surface area (Å²) in [7, 11) is 0.0120. The number of amides is 2. The molecule has 14 nitrogen and oxygen atoms in total. The van der Waals surface area contributed by atoms with E-state index in [0.29, 0.717) is 85.2 Å². The molecule has 0 saturated carbocycles. The van der Waals surface area contributed by atoms with Gasteiger partial charge in [-0.25, -0.2) is 0 Å². The predicted octanol–water partition coefficient (Wildman–Crippen LogP) is 0.0285. The van der Waals surface area contributed by atoms with Crippen LogP contribution in [0.4, 0.5) is 0 Å². The van der Waals surface area contributed by atoms with E-state index >= 15 is 0 Å². The van der Waals surface area contributed by atoms with Crippen LogP contribution in [-0.4, -0.2) is 118 Å². The maximum absolute atomic E-state index is 11.9. The van der Waals surface area contributed by atoms with Gasteiger partial charge in [-0.2, -0.15) is 0 Å². The van der Waals surface area contributed by atoms with Gasteiger partial charge in [-0.15, -0.1) is 0 Å². The first kappa shape index (κ1) is 36.8. The highest BCUT2D eigenvalue weighted by Crippen LogP contribution is 2.36. The van der Waals surface area contributed by atoms with Crippen molar-refractivity contribution >= 4 is 19.6 Å². The number of ether oxygens (including phenoxy) is 6. The molecule has 0 radical (unpaired) electrons. The van der Waals surface area contributed by atoms with Gasteiger partial charge in [-0.1, -0.05) is 0 Å². The number of carbonyl (C=O) groups excluding carboxylic acids is 2. The SMILES string of the molecule is COCCOCC(COCCCNC(=O)CCCC(=O)NCCCOCCOP(=O)([O-])OC)OCCOC. The number of rotatable bonds is 28. The molecule has 2 unspecified atom stereocenters. The fourth-order valence-corrected chi connectivity index (χ4v) is 3.17. The van der Waals surface area contributed by atoms with Crippen LogP contribution in [0.2, 0.25) is 0 Å². The van der Waals surface area contributed by atoms with Crippen molar-refractivity contribution in [3.63, 3.8) is 0 Å². The summed E-state index contributed by atoms with van der Waals surface area (Å²) >= 11 is 0. The summed E-state index contributed by atoms with van der Waals surface area (Å²) in [4.78, 5) is 34.7. The predicted molar refractivity (Wildman–Crippen MR) is 136 cm³/mol. The summed E-state index contributed by atoms with van der Waals surface area (Å²) in [6, 6.07) is 0. The Hall–Kier alpha value is -1.19. The maximum atomic E-state index is 11.9. The highest BCUT2D eigenvalue weighted by molar-refractivity contribution is 7.45. The standard InChI is InChI=1S/C23H47N2O12P/c1-30-13-15-35-20-21(36-17-14-31-2)19-34-12-6-10-25-23(27)8-4-7-22(26)24-9-5-11-33-16-18-37-38(28,29)32-3/h21H,4-20H2,1-3H3,(H,24,26)(H,25,27)(H,28,29)/p-1. The minimum absolute atomic E-state index is 0.0961. The Balaban J connectivity index is 3.67. The van der Waals surface area contributed by atoms with Crippen molar-refractivity contribution in [3.05, 3.63) is 0 Å². The smallest absolute Gasteiger partial charge is 0.267 e. The van der Waals surface area contributed by atoms with E-state index < -0.39 is 7.82 Å². The largest absolute Gasteiger partial charge is 0.756 e. The van der Waals surface area contributed by atoms with E-state index in [4.69, 9.17) is 28.4 Å². The molecule has 0 aromatic heterocycles. The molecule has 0 bridgehead atoms. The van der Waals surface area contributed by atoms with Crippen LogP contribution in [-0.2, 0) is 51.6 Å². The molecule has 38 heavy (non-hydrogen) atoms. The molecule has 0 aliphatic carbocycles. The second-order valence-corrected chi connectivity index (χ2v) is 9.48. The lowest BCUT2D eigenvalue weighted by molar-refractivity contribution is -0.223. The molecule has 0 aliphatic rings. The first-order chi connectivity index (χ1) is 18.3. The number of phosphoric ester groups is 1. The van der Waals surface area contributed by atoms with E-state index in [-0.39, 0.29) is 44.0 Å². The van der Waals surface area contributed by atoms with Gasteiger partial charge in [-0.3, -0.25) is 14.2 Å². The van der Waals surface area contributed by atoms with Crippen LogP contribution in [0.5, 0.6) is 0 Å². The van der Waals surface area contributed by atoms with Crippen molar-refractivity contribution in [2.75, 3.05) is 100 Å². The molecule has 0 heterocycles. The van der Waals surface area contributed by atoms with Crippen molar-refractivity contribution in [3.8, 4) is 0 Å². The van der Waals surface area contributed by atoms with Gasteiger partial charge in [-0.05, 0) is 19.3 Å². The molecule has 226 valence electrons. The zero-order chi connectivity index (χ0) is 28.3. The molecule has 2 N–H and O–H groups in total. The van der Waals surface area contributed by atoms with Gasteiger partial charge in [0.25, 0.3) is 7.82 Å². The number of hydrogen-bond acceptors (Lipinski definition) is 12. The molecule has 0 aromatic carbocycles. The third-order valence-corrected chi connectivity index (χ3v) is 5.71. The average Bonchev–Trinajstić information content (AvgIpc) is 2.89. The molecule has 2 amide bonds. The van der Waals surface area contributed by atoms with Crippen LogP contribution >= 0.6 is 7.82 Å². The van der Waals surface area contributed by atoms with E-state index in [1.54, 1.807) is 14.2 Å². The Labute approximate surface area is 225 Å². The van der Waals surface area contributed by atoms with Crippen molar-refractivity contribution in [2.24, 2.45) is 0 Å².